The number of hydrogen-bond acceptors (Lipinski definition) is 4. The maximum absolute atomic E-state index is 11.8. The molecule has 6 heteroatoms. The van der Waals surface area contributed by atoms with Crippen molar-refractivity contribution in [2.75, 3.05) is 6.54 Å². The summed E-state index contributed by atoms with van der Waals surface area (Å²) in [7, 11) is 0. The molecule has 2 unspecified atom stereocenters. The first kappa shape index (κ1) is 15.6. The predicted octanol–water partition coefficient (Wildman–Crippen LogP) is 1.86. The lowest BCUT2D eigenvalue weighted by atomic mass is 10.0. The highest BCUT2D eigenvalue weighted by Crippen LogP contribution is 2.20. The van der Waals surface area contributed by atoms with Crippen molar-refractivity contribution in [1.29, 1.82) is 0 Å². The van der Waals surface area contributed by atoms with Crippen LogP contribution in [0.5, 0.6) is 0 Å². The first-order valence-corrected chi connectivity index (χ1v) is 7.34. The minimum atomic E-state index is -1.07. The van der Waals surface area contributed by atoms with Gasteiger partial charge in [-0.25, -0.2) is 0 Å². The van der Waals surface area contributed by atoms with Gasteiger partial charge in [-0.2, -0.15) is 0 Å². The topological polar surface area (TPSA) is 82.8 Å². The Morgan fingerprint density at radius 1 is 1.48 bits per heavy atom. The number of rotatable bonds is 5. The Balaban J connectivity index is 1.94. The van der Waals surface area contributed by atoms with Crippen LogP contribution >= 0.6 is 0 Å². The first-order chi connectivity index (χ1) is 9.97. The number of likely N-dealkylation sites (tertiary alicyclic amines) is 1. The van der Waals surface area contributed by atoms with Crippen LogP contribution in [0.3, 0.4) is 0 Å². The molecule has 116 valence electrons. The fourth-order valence-electron chi connectivity index (χ4n) is 2.51. The van der Waals surface area contributed by atoms with Crippen molar-refractivity contribution in [2.24, 2.45) is 0 Å². The molecule has 0 spiro atoms. The van der Waals surface area contributed by atoms with Crippen LogP contribution in [-0.4, -0.2) is 40.5 Å². The average Bonchev–Trinajstić information content (AvgIpc) is 2.90. The highest BCUT2D eigenvalue weighted by Gasteiger charge is 2.21. The van der Waals surface area contributed by atoms with E-state index in [9.17, 15) is 9.59 Å². The number of aliphatic carboxylic acids is 1. The fourth-order valence-corrected chi connectivity index (χ4v) is 2.51. The maximum Gasteiger partial charge on any atom is 0.325 e. The van der Waals surface area contributed by atoms with Gasteiger partial charge in [0.1, 0.15) is 11.8 Å². The molecule has 1 aliphatic rings. The van der Waals surface area contributed by atoms with Crippen molar-refractivity contribution in [3.63, 3.8) is 0 Å². The summed E-state index contributed by atoms with van der Waals surface area (Å²) in [6.07, 6.45) is 3.63. The second-order valence-electron chi connectivity index (χ2n) is 5.61. The van der Waals surface area contributed by atoms with Gasteiger partial charge in [0.25, 0.3) is 5.91 Å². The Morgan fingerprint density at radius 3 is 2.90 bits per heavy atom. The largest absolute Gasteiger partial charge is 0.480 e. The predicted molar refractivity (Wildman–Crippen MR) is 77.0 cm³/mol. The fraction of sp³-hybridized carbons (Fsp3) is 0.600. The second-order valence-corrected chi connectivity index (χ2v) is 5.61. The summed E-state index contributed by atoms with van der Waals surface area (Å²) in [6.45, 7) is 5.34. The summed E-state index contributed by atoms with van der Waals surface area (Å²) in [5, 5.41) is 11.2. The number of furan rings is 1. The number of amides is 1. The molecule has 1 aliphatic heterocycles. The van der Waals surface area contributed by atoms with Crippen LogP contribution < -0.4 is 5.32 Å². The van der Waals surface area contributed by atoms with Gasteiger partial charge < -0.3 is 14.8 Å². The van der Waals surface area contributed by atoms with Gasteiger partial charge >= 0.3 is 5.97 Å². The van der Waals surface area contributed by atoms with Gasteiger partial charge in [-0.3, -0.25) is 14.5 Å². The van der Waals surface area contributed by atoms with Gasteiger partial charge in [0.2, 0.25) is 0 Å². The molecule has 0 radical (unpaired) electrons. The van der Waals surface area contributed by atoms with Crippen LogP contribution in [0.4, 0.5) is 0 Å². The molecule has 2 atom stereocenters. The number of piperidine rings is 1. The van der Waals surface area contributed by atoms with Crippen LogP contribution in [0.25, 0.3) is 0 Å². The molecule has 2 rings (SSSR count). The number of carbonyl (C=O) groups is 2. The average molecular weight is 294 g/mol. The summed E-state index contributed by atoms with van der Waals surface area (Å²) >= 11 is 0. The molecular weight excluding hydrogens is 272 g/mol. The van der Waals surface area contributed by atoms with E-state index in [-0.39, 0.29) is 5.76 Å². The molecule has 6 nitrogen and oxygen atoms in total. The zero-order valence-electron chi connectivity index (χ0n) is 12.5. The van der Waals surface area contributed by atoms with Crippen LogP contribution in [0.1, 0.15) is 49.4 Å². The molecule has 1 fully saturated rings. The van der Waals surface area contributed by atoms with E-state index in [1.165, 1.54) is 26.2 Å². The lowest BCUT2D eigenvalue weighted by molar-refractivity contribution is -0.138. The lowest BCUT2D eigenvalue weighted by Crippen LogP contribution is -2.38. The zero-order chi connectivity index (χ0) is 15.4. The van der Waals surface area contributed by atoms with Gasteiger partial charge in [-0.05, 0) is 45.4 Å². The Hall–Kier alpha value is -1.82. The van der Waals surface area contributed by atoms with Gasteiger partial charge in [0, 0.05) is 6.04 Å². The molecule has 0 saturated carbocycles. The first-order valence-electron chi connectivity index (χ1n) is 7.34. The number of carboxylic acids is 1. The molecule has 21 heavy (non-hydrogen) atoms. The normalized spacial score (nSPS) is 21.0. The Morgan fingerprint density at radius 2 is 2.24 bits per heavy atom. The molecule has 0 aliphatic carbocycles. The van der Waals surface area contributed by atoms with E-state index in [1.54, 1.807) is 12.1 Å². The standard InChI is InChI=1S/C15H22N2O4/c1-10-5-3-4-8-17(10)9-12-6-7-13(21-12)14(18)16-11(2)15(19)20/h6-7,10-11H,3-5,8-9H2,1-2H3,(H,16,18)(H,19,20). The van der Waals surface area contributed by atoms with Gasteiger partial charge in [0.05, 0.1) is 6.54 Å². The SMILES string of the molecule is CC(NC(=O)c1ccc(CN2CCCCC2C)o1)C(=O)O. The van der Waals surface area contributed by atoms with Crippen LogP contribution in [-0.2, 0) is 11.3 Å². The monoisotopic (exact) mass is 294 g/mol. The van der Waals surface area contributed by atoms with Crippen LogP contribution in [0, 0.1) is 0 Å². The van der Waals surface area contributed by atoms with E-state index in [0.29, 0.717) is 12.6 Å². The highest BCUT2D eigenvalue weighted by molar-refractivity contribution is 5.94. The number of nitrogens with zero attached hydrogens (tertiary/aromatic N) is 1. The van der Waals surface area contributed by atoms with E-state index in [0.717, 1.165) is 12.3 Å². The summed E-state index contributed by atoms with van der Waals surface area (Å²) < 4.78 is 5.53. The molecule has 1 aromatic rings. The third-order valence-electron chi connectivity index (χ3n) is 3.90. The summed E-state index contributed by atoms with van der Waals surface area (Å²) in [4.78, 5) is 24.9. The maximum atomic E-state index is 11.8. The van der Waals surface area contributed by atoms with Gasteiger partial charge in [-0.1, -0.05) is 6.42 Å². The van der Waals surface area contributed by atoms with Crippen LogP contribution in [0.15, 0.2) is 16.5 Å². The Kier molecular flexibility index (Phi) is 5.01. The summed E-state index contributed by atoms with van der Waals surface area (Å²) in [6, 6.07) is 2.96. The Bertz CT molecular complexity index is 512. The van der Waals surface area contributed by atoms with E-state index in [1.807, 2.05) is 0 Å². The number of carbonyl (C=O) groups excluding carboxylic acids is 1. The molecule has 1 aromatic heterocycles. The molecule has 2 N–H and O–H groups in total. The third kappa shape index (κ3) is 4.07. The van der Waals surface area contributed by atoms with E-state index < -0.39 is 17.9 Å². The van der Waals surface area contributed by atoms with Crippen LogP contribution in [0.2, 0.25) is 0 Å². The summed E-state index contributed by atoms with van der Waals surface area (Å²) in [5.41, 5.74) is 0. The summed E-state index contributed by atoms with van der Waals surface area (Å²) in [5.74, 6) is -0.681. The Labute approximate surface area is 124 Å². The molecular formula is C15H22N2O4. The van der Waals surface area contributed by atoms with E-state index in [4.69, 9.17) is 9.52 Å². The van der Waals surface area contributed by atoms with Crippen molar-refractivity contribution in [2.45, 2.75) is 51.7 Å². The molecule has 0 bridgehead atoms. The molecule has 1 amide bonds. The van der Waals surface area contributed by atoms with Crippen molar-refractivity contribution < 1.29 is 19.1 Å². The van der Waals surface area contributed by atoms with Crippen molar-refractivity contribution in [3.8, 4) is 0 Å². The third-order valence-corrected chi connectivity index (χ3v) is 3.90. The van der Waals surface area contributed by atoms with Crippen molar-refractivity contribution in [1.82, 2.24) is 10.2 Å². The second kappa shape index (κ2) is 6.76. The number of nitrogens with one attached hydrogen (secondary N) is 1. The van der Waals surface area contributed by atoms with E-state index >= 15 is 0 Å². The zero-order valence-corrected chi connectivity index (χ0v) is 12.5. The van der Waals surface area contributed by atoms with Gasteiger partial charge in [0.15, 0.2) is 5.76 Å². The van der Waals surface area contributed by atoms with E-state index in [2.05, 4.69) is 17.1 Å². The lowest BCUT2D eigenvalue weighted by Gasteiger charge is -2.32. The van der Waals surface area contributed by atoms with Crippen molar-refractivity contribution >= 4 is 11.9 Å². The minimum absolute atomic E-state index is 0.155. The minimum Gasteiger partial charge on any atom is -0.480 e. The van der Waals surface area contributed by atoms with Gasteiger partial charge in [-0.15, -0.1) is 0 Å². The number of carboxylic acid groups (broad SMARTS) is 1. The van der Waals surface area contributed by atoms with Crippen molar-refractivity contribution in [3.05, 3.63) is 23.7 Å². The quantitative estimate of drug-likeness (QED) is 0.866. The highest BCUT2D eigenvalue weighted by atomic mass is 16.4. The molecule has 1 saturated heterocycles. The molecule has 0 aromatic carbocycles. The molecule has 2 heterocycles. The number of hydrogen-bond donors (Lipinski definition) is 2. The smallest absolute Gasteiger partial charge is 0.325 e.